The summed E-state index contributed by atoms with van der Waals surface area (Å²) >= 11 is 6.35. The van der Waals surface area contributed by atoms with Crippen molar-refractivity contribution in [3.63, 3.8) is 0 Å². The Morgan fingerprint density at radius 3 is 2.57 bits per heavy atom. The minimum atomic E-state index is -0.896. The highest BCUT2D eigenvalue weighted by atomic mass is 35.5. The summed E-state index contributed by atoms with van der Waals surface area (Å²) in [6.45, 7) is 6.58. The van der Waals surface area contributed by atoms with Gasteiger partial charge in [-0.3, -0.25) is 19.3 Å². The van der Waals surface area contributed by atoms with Crippen LogP contribution in [0.2, 0.25) is 5.02 Å². The highest BCUT2D eigenvalue weighted by Crippen LogP contribution is 2.28. The summed E-state index contributed by atoms with van der Waals surface area (Å²) in [7, 11) is 0. The molecular formula is C26H21ClF2N6O2. The van der Waals surface area contributed by atoms with Gasteiger partial charge in [-0.2, -0.15) is 5.26 Å². The second kappa shape index (κ2) is 10.0. The van der Waals surface area contributed by atoms with E-state index in [0.29, 0.717) is 40.2 Å². The summed E-state index contributed by atoms with van der Waals surface area (Å²) in [6, 6.07) is 7.78. The highest BCUT2D eigenvalue weighted by molar-refractivity contribution is 6.31. The molecule has 4 aromatic rings. The molecule has 37 heavy (non-hydrogen) atoms. The minimum Gasteiger partial charge on any atom is -0.485 e. The lowest BCUT2D eigenvalue weighted by Gasteiger charge is -2.17. The molecule has 0 aliphatic carbocycles. The molecule has 0 unspecified atom stereocenters. The quantitative estimate of drug-likeness (QED) is 0.350. The third kappa shape index (κ3) is 5.17. The van der Waals surface area contributed by atoms with Crippen LogP contribution in [0.3, 0.4) is 0 Å². The van der Waals surface area contributed by atoms with Crippen LogP contribution in [0.15, 0.2) is 47.7 Å². The molecule has 0 atom stereocenters. The van der Waals surface area contributed by atoms with Crippen LogP contribution in [-0.2, 0) is 12.0 Å². The monoisotopic (exact) mass is 522 g/mol. The smallest absolute Gasteiger partial charge is 0.277 e. The Bertz CT molecular complexity index is 1610. The Hall–Kier alpha value is -4.23. The second-order valence-electron chi connectivity index (χ2n) is 8.83. The first-order valence-corrected chi connectivity index (χ1v) is 11.5. The number of aryl methyl sites for hydroxylation is 2. The predicted octanol–water partition coefficient (Wildman–Crippen LogP) is 5.01. The first kappa shape index (κ1) is 25.9. The largest absolute Gasteiger partial charge is 0.485 e. The van der Waals surface area contributed by atoms with Crippen LogP contribution < -0.4 is 10.3 Å². The van der Waals surface area contributed by atoms with E-state index in [4.69, 9.17) is 16.3 Å². The molecule has 0 aliphatic rings. The van der Waals surface area contributed by atoms with Crippen molar-refractivity contribution in [3.05, 3.63) is 92.6 Å². The zero-order chi connectivity index (χ0) is 26.9. The first-order valence-electron chi connectivity index (χ1n) is 11.1. The summed E-state index contributed by atoms with van der Waals surface area (Å²) in [5, 5.41) is 9.21. The van der Waals surface area contributed by atoms with Crippen molar-refractivity contribution >= 4 is 11.6 Å². The van der Waals surface area contributed by atoms with E-state index in [-0.39, 0.29) is 23.1 Å². The van der Waals surface area contributed by atoms with E-state index in [9.17, 15) is 18.8 Å². The van der Waals surface area contributed by atoms with Crippen LogP contribution >= 0.6 is 11.6 Å². The van der Waals surface area contributed by atoms with Crippen molar-refractivity contribution in [2.45, 2.75) is 39.7 Å². The van der Waals surface area contributed by atoms with Gasteiger partial charge in [-0.1, -0.05) is 11.6 Å². The Labute approximate surface area is 216 Å². The molecule has 0 amide bonds. The molecule has 0 radical (unpaired) electrons. The van der Waals surface area contributed by atoms with Crippen LogP contribution in [0.5, 0.6) is 5.75 Å². The maximum absolute atomic E-state index is 13.9. The lowest BCUT2D eigenvalue weighted by molar-refractivity contribution is 0.292. The van der Waals surface area contributed by atoms with Crippen LogP contribution in [0.4, 0.5) is 8.78 Å². The van der Waals surface area contributed by atoms with Crippen LogP contribution in [0.25, 0.3) is 17.1 Å². The van der Waals surface area contributed by atoms with Crippen LogP contribution in [-0.4, -0.2) is 24.5 Å². The van der Waals surface area contributed by atoms with Gasteiger partial charge in [-0.25, -0.2) is 18.7 Å². The number of rotatable bonds is 6. The molecule has 4 rings (SSSR count). The topological polar surface area (TPSA) is 107 Å². The predicted molar refractivity (Wildman–Crippen MR) is 132 cm³/mol. The highest BCUT2D eigenvalue weighted by Gasteiger charge is 2.24. The number of nitriles is 1. The van der Waals surface area contributed by atoms with Gasteiger partial charge in [0.1, 0.15) is 40.1 Å². The number of nitrogens with zero attached hydrogens (tertiary/aromatic N) is 6. The maximum atomic E-state index is 13.9. The Balaban J connectivity index is 1.72. The van der Waals surface area contributed by atoms with Gasteiger partial charge >= 0.3 is 0 Å². The molecule has 0 fully saturated rings. The maximum Gasteiger partial charge on any atom is 0.277 e. The third-order valence-electron chi connectivity index (χ3n) is 5.62. The SMILES string of the molecule is Cc1cnc(-c2ccnc(C(C)(C)C#N)n2)cc1-n1c(C)cc(OCc2ncc(F)cc2F)c(Cl)c1=O. The van der Waals surface area contributed by atoms with Gasteiger partial charge in [-0.05, 0) is 45.4 Å². The molecule has 0 aromatic carbocycles. The standard InChI is InChI=1S/C26H21ClF2N6O2/c1-14-10-32-19(18-5-6-31-25(34-18)26(3,4)13-30)9-21(14)35-15(2)7-22(23(27)24(35)36)37-12-20-17(29)8-16(28)11-33-20/h5-11H,12H2,1-4H3. The number of halogens is 3. The normalized spacial score (nSPS) is 11.3. The Morgan fingerprint density at radius 2 is 1.86 bits per heavy atom. The van der Waals surface area contributed by atoms with Gasteiger partial charge in [0.2, 0.25) is 0 Å². The molecule has 0 saturated heterocycles. The fourth-order valence-electron chi connectivity index (χ4n) is 3.53. The molecule has 8 nitrogen and oxygen atoms in total. The lowest BCUT2D eigenvalue weighted by Crippen LogP contribution is -2.23. The van der Waals surface area contributed by atoms with E-state index in [1.807, 2.05) is 0 Å². The number of aromatic nitrogens is 5. The molecule has 4 heterocycles. The van der Waals surface area contributed by atoms with E-state index in [1.165, 1.54) is 4.57 Å². The van der Waals surface area contributed by atoms with Crippen molar-refractivity contribution in [2.75, 3.05) is 0 Å². The number of hydrogen-bond donors (Lipinski definition) is 0. The van der Waals surface area contributed by atoms with Gasteiger partial charge in [0, 0.05) is 30.2 Å². The van der Waals surface area contributed by atoms with E-state index >= 15 is 0 Å². The molecule has 0 aliphatic heterocycles. The molecule has 0 bridgehead atoms. The average Bonchev–Trinajstić information content (AvgIpc) is 2.87. The Kier molecular flexibility index (Phi) is 7.01. The fourth-order valence-corrected chi connectivity index (χ4v) is 3.72. The van der Waals surface area contributed by atoms with Crippen LogP contribution in [0, 0.1) is 36.8 Å². The summed E-state index contributed by atoms with van der Waals surface area (Å²) in [5.74, 6) is -1.29. The number of pyridine rings is 3. The van der Waals surface area contributed by atoms with E-state index in [0.717, 1.165) is 6.20 Å². The lowest BCUT2D eigenvalue weighted by atomic mass is 9.94. The van der Waals surface area contributed by atoms with Gasteiger partial charge < -0.3 is 4.74 Å². The zero-order valence-corrected chi connectivity index (χ0v) is 21.1. The second-order valence-corrected chi connectivity index (χ2v) is 9.21. The summed E-state index contributed by atoms with van der Waals surface area (Å²) in [5.41, 5.74) is 1.09. The van der Waals surface area contributed by atoms with Crippen molar-refractivity contribution in [1.82, 2.24) is 24.5 Å². The molecule has 0 saturated carbocycles. The van der Waals surface area contributed by atoms with Gasteiger partial charge in [0.15, 0.2) is 5.82 Å². The van der Waals surface area contributed by atoms with Gasteiger partial charge in [0.05, 0.1) is 29.3 Å². The number of hydrogen-bond acceptors (Lipinski definition) is 7. The first-order chi connectivity index (χ1) is 17.5. The molecule has 11 heteroatoms. The molecule has 0 N–H and O–H groups in total. The molecule has 4 aromatic heterocycles. The van der Waals surface area contributed by atoms with Crippen molar-refractivity contribution in [1.29, 1.82) is 5.26 Å². The minimum absolute atomic E-state index is 0.0389. The van der Waals surface area contributed by atoms with Crippen LogP contribution in [0.1, 0.15) is 36.6 Å². The molecule has 0 spiro atoms. The van der Waals surface area contributed by atoms with Crippen molar-refractivity contribution in [3.8, 4) is 28.9 Å². The Morgan fingerprint density at radius 1 is 1.11 bits per heavy atom. The zero-order valence-electron chi connectivity index (χ0n) is 20.4. The summed E-state index contributed by atoms with van der Waals surface area (Å²) < 4.78 is 34.0. The van der Waals surface area contributed by atoms with E-state index in [2.05, 4.69) is 26.0 Å². The summed E-state index contributed by atoms with van der Waals surface area (Å²) in [4.78, 5) is 30.1. The van der Waals surface area contributed by atoms with E-state index in [1.54, 1.807) is 58.3 Å². The average molecular weight is 523 g/mol. The summed E-state index contributed by atoms with van der Waals surface area (Å²) in [6.07, 6.45) is 4.03. The fraction of sp³-hybridized carbons (Fsp3) is 0.231. The number of ether oxygens (including phenoxy) is 1. The van der Waals surface area contributed by atoms with Crippen molar-refractivity contribution in [2.24, 2.45) is 0 Å². The van der Waals surface area contributed by atoms with Gasteiger partial charge in [-0.15, -0.1) is 0 Å². The van der Waals surface area contributed by atoms with Crippen molar-refractivity contribution < 1.29 is 13.5 Å². The molecular weight excluding hydrogens is 502 g/mol. The van der Waals surface area contributed by atoms with E-state index < -0.39 is 22.6 Å². The van der Waals surface area contributed by atoms with Gasteiger partial charge in [0.25, 0.3) is 5.56 Å². The third-order valence-corrected chi connectivity index (χ3v) is 5.97. The molecule has 188 valence electrons.